The number of rotatable bonds is 4. The first kappa shape index (κ1) is 23.7. The summed E-state index contributed by atoms with van der Waals surface area (Å²) in [6.07, 6.45) is 6.07. The zero-order valence-corrected chi connectivity index (χ0v) is 20.9. The number of fused-ring (bicyclic) bond motifs is 1. The Morgan fingerprint density at radius 2 is 1.83 bits per heavy atom. The molecule has 0 saturated carbocycles. The number of para-hydroxylation sites is 1. The lowest BCUT2D eigenvalue weighted by atomic mass is 9.71. The molecule has 7 nitrogen and oxygen atoms in total. The van der Waals surface area contributed by atoms with Gasteiger partial charge in [0, 0.05) is 37.0 Å². The van der Waals surface area contributed by atoms with Crippen LogP contribution in [-0.2, 0) is 6.54 Å². The third kappa shape index (κ3) is 5.01. The summed E-state index contributed by atoms with van der Waals surface area (Å²) in [7, 11) is 0. The molecule has 186 valence electrons. The molecule has 1 amide bonds. The maximum Gasteiger partial charge on any atom is 0.253 e. The van der Waals surface area contributed by atoms with Crippen LogP contribution in [0.3, 0.4) is 0 Å². The van der Waals surface area contributed by atoms with E-state index in [9.17, 15) is 4.79 Å². The minimum Gasteiger partial charge on any atom is -0.486 e. The van der Waals surface area contributed by atoms with Gasteiger partial charge in [0.2, 0.25) is 0 Å². The van der Waals surface area contributed by atoms with E-state index in [-0.39, 0.29) is 11.5 Å². The van der Waals surface area contributed by atoms with Gasteiger partial charge in [-0.05, 0) is 76.2 Å². The Hall–Kier alpha value is -3.06. The highest BCUT2D eigenvalue weighted by Gasteiger charge is 2.39. The van der Waals surface area contributed by atoms with Crippen LogP contribution < -0.4 is 15.2 Å². The van der Waals surface area contributed by atoms with Gasteiger partial charge < -0.3 is 20.1 Å². The highest BCUT2D eigenvalue weighted by atomic mass is 16.6. The Labute approximate surface area is 207 Å². The Bertz CT molecular complexity index is 1110. The molecule has 1 aromatic heterocycles. The summed E-state index contributed by atoms with van der Waals surface area (Å²) in [5, 5.41) is 0. The molecule has 1 spiro atoms. The van der Waals surface area contributed by atoms with Gasteiger partial charge >= 0.3 is 0 Å². The second kappa shape index (κ2) is 9.19. The summed E-state index contributed by atoms with van der Waals surface area (Å²) in [4.78, 5) is 21.8. The fourth-order valence-electron chi connectivity index (χ4n) is 5.50. The standard InChI is InChI=1S/C28H36N4O3/c1-20(29)23-17-21(7-12-30-23)26(33)32-15-10-28(11-16-32)8-13-31(14-9-28)18-22-5-4-6-24-25(22)35-27(2,3)19-34-24/h4-7,12,17H,1,8-11,13-16,18-19,29H2,2-3H3. The number of ether oxygens (including phenoxy) is 2. The van der Waals surface area contributed by atoms with Gasteiger partial charge in [-0.15, -0.1) is 0 Å². The lowest BCUT2D eigenvalue weighted by molar-refractivity contribution is 0.0163. The third-order valence-electron chi connectivity index (χ3n) is 7.77. The highest BCUT2D eigenvalue weighted by molar-refractivity contribution is 5.94. The van der Waals surface area contributed by atoms with E-state index in [1.165, 1.54) is 18.4 Å². The van der Waals surface area contributed by atoms with Crippen molar-refractivity contribution in [3.63, 3.8) is 0 Å². The summed E-state index contributed by atoms with van der Waals surface area (Å²) >= 11 is 0. The zero-order valence-electron chi connectivity index (χ0n) is 20.9. The largest absolute Gasteiger partial charge is 0.486 e. The number of nitrogens with two attached hydrogens (primary N) is 1. The van der Waals surface area contributed by atoms with Crippen molar-refractivity contribution in [2.45, 2.75) is 51.7 Å². The van der Waals surface area contributed by atoms with Crippen molar-refractivity contribution >= 4 is 11.6 Å². The van der Waals surface area contributed by atoms with Gasteiger partial charge in [-0.2, -0.15) is 0 Å². The predicted octanol–water partition coefficient (Wildman–Crippen LogP) is 4.08. The number of piperidine rings is 2. The van der Waals surface area contributed by atoms with Gasteiger partial charge in [0.05, 0.1) is 11.4 Å². The highest BCUT2D eigenvalue weighted by Crippen LogP contribution is 2.43. The van der Waals surface area contributed by atoms with Crippen molar-refractivity contribution in [2.75, 3.05) is 32.8 Å². The normalized spacial score (nSPS) is 21.0. The lowest BCUT2D eigenvalue weighted by Crippen LogP contribution is -2.48. The van der Waals surface area contributed by atoms with Crippen LogP contribution in [0.1, 0.15) is 61.1 Å². The number of hydrogen-bond donors (Lipinski definition) is 1. The fourth-order valence-corrected chi connectivity index (χ4v) is 5.50. The maximum absolute atomic E-state index is 13.1. The Morgan fingerprint density at radius 1 is 1.11 bits per heavy atom. The molecule has 0 bridgehead atoms. The molecule has 2 N–H and O–H groups in total. The number of aromatic nitrogens is 1. The van der Waals surface area contributed by atoms with E-state index in [0.717, 1.165) is 57.1 Å². The second-order valence-electron chi connectivity index (χ2n) is 10.9. The van der Waals surface area contributed by atoms with Crippen LogP contribution in [0.25, 0.3) is 5.70 Å². The Kier molecular flexibility index (Phi) is 6.21. The van der Waals surface area contributed by atoms with Crippen LogP contribution in [0, 0.1) is 5.41 Å². The molecule has 0 unspecified atom stereocenters. The second-order valence-corrected chi connectivity index (χ2v) is 10.9. The van der Waals surface area contributed by atoms with E-state index in [0.29, 0.717) is 29.0 Å². The van der Waals surface area contributed by atoms with E-state index < -0.39 is 0 Å². The summed E-state index contributed by atoms with van der Waals surface area (Å²) in [5.74, 6) is 1.80. The van der Waals surface area contributed by atoms with Gasteiger partial charge in [-0.3, -0.25) is 14.7 Å². The molecule has 2 saturated heterocycles. The molecule has 0 radical (unpaired) electrons. The first-order valence-electron chi connectivity index (χ1n) is 12.6. The van der Waals surface area contributed by atoms with Crippen LogP contribution in [0.5, 0.6) is 11.5 Å². The number of hydrogen-bond acceptors (Lipinski definition) is 6. The fraction of sp³-hybridized carbons (Fsp3) is 0.500. The number of pyridine rings is 1. The van der Waals surface area contributed by atoms with Crippen molar-refractivity contribution in [2.24, 2.45) is 11.1 Å². The van der Waals surface area contributed by atoms with Gasteiger partial charge in [0.1, 0.15) is 12.2 Å². The monoisotopic (exact) mass is 476 g/mol. The summed E-state index contributed by atoms with van der Waals surface area (Å²) in [5.41, 5.74) is 8.56. The maximum atomic E-state index is 13.1. The molecule has 5 rings (SSSR count). The van der Waals surface area contributed by atoms with Crippen LogP contribution in [0.4, 0.5) is 0 Å². The molecular formula is C28H36N4O3. The third-order valence-corrected chi connectivity index (χ3v) is 7.77. The number of benzene rings is 1. The zero-order chi connectivity index (χ0) is 24.6. The smallest absolute Gasteiger partial charge is 0.253 e. The van der Waals surface area contributed by atoms with E-state index in [4.69, 9.17) is 15.2 Å². The average molecular weight is 477 g/mol. The van der Waals surface area contributed by atoms with Crippen molar-refractivity contribution in [1.82, 2.24) is 14.8 Å². The Balaban J connectivity index is 1.17. The quantitative estimate of drug-likeness (QED) is 0.716. The molecule has 2 fully saturated rings. The van der Waals surface area contributed by atoms with Crippen molar-refractivity contribution in [3.8, 4) is 11.5 Å². The minimum absolute atomic E-state index is 0.0566. The first-order valence-corrected chi connectivity index (χ1v) is 12.6. The van der Waals surface area contributed by atoms with Gasteiger partial charge in [-0.1, -0.05) is 18.7 Å². The summed E-state index contributed by atoms with van der Waals surface area (Å²) in [6, 6.07) is 9.71. The number of amides is 1. The average Bonchev–Trinajstić information content (AvgIpc) is 2.86. The first-order chi connectivity index (χ1) is 16.7. The Morgan fingerprint density at radius 3 is 2.54 bits per heavy atom. The van der Waals surface area contributed by atoms with Gasteiger partial charge in [0.15, 0.2) is 11.5 Å². The van der Waals surface area contributed by atoms with Crippen LogP contribution in [0.2, 0.25) is 0 Å². The number of carbonyl (C=O) groups is 1. The molecule has 3 aliphatic heterocycles. The summed E-state index contributed by atoms with van der Waals surface area (Å²) in [6.45, 7) is 13.0. The van der Waals surface area contributed by atoms with Gasteiger partial charge in [-0.25, -0.2) is 0 Å². The van der Waals surface area contributed by atoms with Crippen LogP contribution in [-0.4, -0.2) is 59.1 Å². The molecule has 3 aliphatic rings. The molecule has 1 aromatic carbocycles. The van der Waals surface area contributed by atoms with Crippen LogP contribution in [0.15, 0.2) is 43.1 Å². The predicted molar refractivity (Wildman–Crippen MR) is 136 cm³/mol. The van der Waals surface area contributed by atoms with E-state index in [2.05, 4.69) is 42.4 Å². The van der Waals surface area contributed by atoms with Gasteiger partial charge in [0.25, 0.3) is 5.91 Å². The number of carbonyl (C=O) groups excluding carboxylic acids is 1. The number of likely N-dealkylation sites (tertiary alicyclic amines) is 2. The molecular weight excluding hydrogens is 440 g/mol. The molecule has 7 heteroatoms. The van der Waals surface area contributed by atoms with E-state index in [1.54, 1.807) is 18.3 Å². The molecule has 35 heavy (non-hydrogen) atoms. The van der Waals surface area contributed by atoms with Crippen molar-refractivity contribution < 1.29 is 14.3 Å². The van der Waals surface area contributed by atoms with E-state index >= 15 is 0 Å². The lowest BCUT2D eigenvalue weighted by Gasteiger charge is -2.47. The molecule has 4 heterocycles. The SMILES string of the molecule is C=C(N)c1cc(C(=O)N2CCC3(CCN(Cc4cccc5c4OC(C)(C)CO5)CC3)CC2)ccn1. The van der Waals surface area contributed by atoms with Crippen LogP contribution >= 0.6 is 0 Å². The topological polar surface area (TPSA) is 80.9 Å². The summed E-state index contributed by atoms with van der Waals surface area (Å²) < 4.78 is 12.2. The minimum atomic E-state index is -0.309. The van der Waals surface area contributed by atoms with Crippen molar-refractivity contribution in [1.29, 1.82) is 0 Å². The molecule has 2 aromatic rings. The molecule has 0 atom stereocenters. The van der Waals surface area contributed by atoms with Crippen molar-refractivity contribution in [3.05, 3.63) is 59.9 Å². The van der Waals surface area contributed by atoms with E-state index in [1.807, 2.05) is 11.0 Å². The number of nitrogens with zero attached hydrogens (tertiary/aromatic N) is 3. The molecule has 0 aliphatic carbocycles.